The van der Waals surface area contributed by atoms with Crippen molar-refractivity contribution in [3.05, 3.63) is 47.5 Å². The van der Waals surface area contributed by atoms with Crippen LogP contribution in [0.4, 0.5) is 13.6 Å². The number of likely N-dealkylation sites (tertiary alicyclic amines) is 2. The van der Waals surface area contributed by atoms with Gasteiger partial charge in [0.1, 0.15) is 11.6 Å². The summed E-state index contributed by atoms with van der Waals surface area (Å²) in [6.07, 6.45) is 2.59. The zero-order valence-electron chi connectivity index (χ0n) is 21.2. The van der Waals surface area contributed by atoms with E-state index in [9.17, 15) is 33.7 Å². The number of carbonyl (C=O) groups excluding carboxylic acids is 2. The van der Waals surface area contributed by atoms with Gasteiger partial charge in [-0.15, -0.1) is 0 Å². The number of hydrogen-bond acceptors (Lipinski definition) is 6. The molecule has 2 atom stereocenters. The average molecular weight is 517 g/mol. The molecule has 12 heteroatoms. The van der Waals surface area contributed by atoms with Gasteiger partial charge in [0.05, 0.1) is 12.5 Å². The van der Waals surface area contributed by atoms with E-state index in [0.717, 1.165) is 5.56 Å². The zero-order chi connectivity index (χ0) is 27.2. The smallest absolute Gasteiger partial charge is 0.426 e. The van der Waals surface area contributed by atoms with Crippen molar-refractivity contribution in [3.63, 3.8) is 0 Å². The maximum absolute atomic E-state index is 13.7. The molecule has 2 heterocycles. The average Bonchev–Trinajstić information content (AvgIpc) is 3.23. The fraction of sp³-hybridized carbons (Fsp3) is 0.560. The van der Waals surface area contributed by atoms with Crippen molar-refractivity contribution in [1.82, 2.24) is 20.4 Å². The molecule has 3 amide bonds. The molecule has 0 bridgehead atoms. The van der Waals surface area contributed by atoms with Gasteiger partial charge in [-0.05, 0) is 44.7 Å². The Bertz CT molecular complexity index is 1030. The number of nitrogens with zero attached hydrogens (tertiary/aromatic N) is 3. The predicted molar refractivity (Wildman–Crippen MR) is 134 cm³/mol. The van der Waals surface area contributed by atoms with E-state index in [4.69, 9.17) is 0 Å². The van der Waals surface area contributed by atoms with Gasteiger partial charge in [0, 0.05) is 37.6 Å². The molecule has 0 aromatic heterocycles. The Morgan fingerprint density at radius 1 is 1.30 bits per heavy atom. The minimum Gasteiger partial charge on any atom is -0.426 e. The van der Waals surface area contributed by atoms with E-state index in [0.29, 0.717) is 19.4 Å². The van der Waals surface area contributed by atoms with Crippen LogP contribution in [0.2, 0.25) is 0 Å². The monoisotopic (exact) mass is 517 g/mol. The first-order valence-corrected chi connectivity index (χ1v) is 12.4. The number of amides is 3. The van der Waals surface area contributed by atoms with Crippen LogP contribution in [0.15, 0.2) is 42.0 Å². The SMILES string of the molecule is CC(C)(C=C(C#N)C(=O)N1CCC[C@@H](NC(=O)NC(Cc2ccccc2)B(O)O)C1)N1CCC(F)(F)C1. The van der Waals surface area contributed by atoms with Gasteiger partial charge >= 0.3 is 13.1 Å². The van der Waals surface area contributed by atoms with E-state index in [-0.39, 0.29) is 31.5 Å². The first kappa shape index (κ1) is 28.6. The summed E-state index contributed by atoms with van der Waals surface area (Å²) in [7, 11) is -1.77. The number of urea groups is 1. The van der Waals surface area contributed by atoms with Crippen LogP contribution in [0, 0.1) is 11.3 Å². The van der Waals surface area contributed by atoms with Crippen LogP contribution in [0.3, 0.4) is 0 Å². The Balaban J connectivity index is 1.59. The fourth-order valence-corrected chi connectivity index (χ4v) is 4.76. The number of rotatable bonds is 8. The molecule has 2 aliphatic heterocycles. The number of nitriles is 1. The summed E-state index contributed by atoms with van der Waals surface area (Å²) in [5.74, 6) is -4.24. The Labute approximate surface area is 216 Å². The van der Waals surface area contributed by atoms with Crippen LogP contribution in [0.5, 0.6) is 0 Å². The van der Waals surface area contributed by atoms with Crippen LogP contribution >= 0.6 is 0 Å². The summed E-state index contributed by atoms with van der Waals surface area (Å²) < 4.78 is 27.4. The Morgan fingerprint density at radius 3 is 2.59 bits per heavy atom. The van der Waals surface area contributed by atoms with E-state index >= 15 is 0 Å². The Hall–Kier alpha value is -3.01. The summed E-state index contributed by atoms with van der Waals surface area (Å²) in [5, 5.41) is 34.4. The van der Waals surface area contributed by atoms with Crippen molar-refractivity contribution in [2.45, 2.75) is 63.0 Å². The Kier molecular flexibility index (Phi) is 9.28. The molecule has 1 aromatic rings. The summed E-state index contributed by atoms with van der Waals surface area (Å²) >= 11 is 0. The standard InChI is InChI=1S/C25H34BF2N5O4/c1-24(2,33-12-10-25(27,28)17-33)14-19(15-29)22(34)32-11-6-9-20(16-32)30-23(35)31-21(26(36)37)13-18-7-4-3-5-8-18/h3-5,7-8,14,20-21,36-37H,6,9-13,16-17H2,1-2H3,(H2,30,31,35)/t20-,21?/m1/s1. The van der Waals surface area contributed by atoms with Gasteiger partial charge in [-0.25, -0.2) is 13.6 Å². The number of piperidine rings is 1. The molecule has 0 radical (unpaired) electrons. The fourth-order valence-electron chi connectivity index (χ4n) is 4.76. The van der Waals surface area contributed by atoms with Crippen LogP contribution < -0.4 is 10.6 Å². The van der Waals surface area contributed by atoms with Gasteiger partial charge in [-0.3, -0.25) is 9.69 Å². The summed E-state index contributed by atoms with van der Waals surface area (Å²) in [6, 6.07) is 10.0. The Morgan fingerprint density at radius 2 is 2.00 bits per heavy atom. The lowest BCUT2D eigenvalue weighted by Crippen LogP contribution is -2.56. The van der Waals surface area contributed by atoms with Crippen molar-refractivity contribution in [3.8, 4) is 6.07 Å². The van der Waals surface area contributed by atoms with E-state index < -0.39 is 49.0 Å². The molecule has 9 nitrogen and oxygen atoms in total. The molecule has 0 spiro atoms. The molecule has 0 aliphatic carbocycles. The second kappa shape index (κ2) is 12.0. The summed E-state index contributed by atoms with van der Waals surface area (Å²) in [5.41, 5.74) is -0.212. The molecule has 37 heavy (non-hydrogen) atoms. The lowest BCUT2D eigenvalue weighted by molar-refractivity contribution is -0.128. The molecule has 2 aliphatic rings. The lowest BCUT2D eigenvalue weighted by Gasteiger charge is -2.35. The number of hydrogen-bond donors (Lipinski definition) is 4. The number of benzene rings is 1. The van der Waals surface area contributed by atoms with Crippen molar-refractivity contribution < 1.29 is 28.4 Å². The highest BCUT2D eigenvalue weighted by atomic mass is 19.3. The molecule has 4 N–H and O–H groups in total. The molecular weight excluding hydrogens is 483 g/mol. The molecule has 2 fully saturated rings. The van der Waals surface area contributed by atoms with E-state index in [1.54, 1.807) is 18.7 Å². The molecule has 0 saturated carbocycles. The van der Waals surface area contributed by atoms with Gasteiger partial charge in [-0.1, -0.05) is 30.3 Å². The highest BCUT2D eigenvalue weighted by molar-refractivity contribution is 6.43. The lowest BCUT2D eigenvalue weighted by atomic mass is 9.76. The molecule has 200 valence electrons. The minimum atomic E-state index is -2.79. The van der Waals surface area contributed by atoms with Gasteiger partial charge in [0.15, 0.2) is 0 Å². The van der Waals surface area contributed by atoms with Crippen molar-refractivity contribution in [2.24, 2.45) is 0 Å². The number of nitrogens with one attached hydrogen (secondary N) is 2. The zero-order valence-corrected chi connectivity index (χ0v) is 21.2. The van der Waals surface area contributed by atoms with Crippen molar-refractivity contribution in [1.29, 1.82) is 5.26 Å². The third kappa shape index (κ3) is 7.99. The molecular formula is C25H34BF2N5O4. The third-order valence-corrected chi connectivity index (χ3v) is 6.85. The van der Waals surface area contributed by atoms with E-state index in [2.05, 4.69) is 10.6 Å². The number of halogens is 2. The van der Waals surface area contributed by atoms with E-state index in [1.165, 1.54) is 11.0 Å². The van der Waals surface area contributed by atoms with Crippen LogP contribution in [-0.2, 0) is 11.2 Å². The largest absolute Gasteiger partial charge is 0.475 e. The van der Waals surface area contributed by atoms with Gasteiger partial charge in [-0.2, -0.15) is 5.26 Å². The highest BCUT2D eigenvalue weighted by Gasteiger charge is 2.43. The minimum absolute atomic E-state index is 0.128. The first-order valence-electron chi connectivity index (χ1n) is 12.4. The molecule has 1 aromatic carbocycles. The van der Waals surface area contributed by atoms with Crippen molar-refractivity contribution >= 4 is 19.1 Å². The maximum atomic E-state index is 13.7. The van der Waals surface area contributed by atoms with Crippen molar-refractivity contribution in [2.75, 3.05) is 26.2 Å². The number of alkyl halides is 2. The second-order valence-electron chi connectivity index (χ2n) is 10.3. The normalized spacial score (nSPS) is 21.2. The second-order valence-corrected chi connectivity index (χ2v) is 10.3. The van der Waals surface area contributed by atoms with Gasteiger partial charge in [0.2, 0.25) is 0 Å². The van der Waals surface area contributed by atoms with Gasteiger partial charge in [0.25, 0.3) is 11.8 Å². The quantitative estimate of drug-likeness (QED) is 0.235. The molecule has 3 rings (SSSR count). The molecule has 1 unspecified atom stereocenters. The number of carbonyl (C=O) groups is 2. The topological polar surface area (TPSA) is 129 Å². The predicted octanol–water partition coefficient (Wildman–Crippen LogP) is 1.47. The molecule has 2 saturated heterocycles. The third-order valence-electron chi connectivity index (χ3n) is 6.85. The van der Waals surface area contributed by atoms with Crippen LogP contribution in [0.25, 0.3) is 0 Å². The van der Waals surface area contributed by atoms with Crippen LogP contribution in [0.1, 0.15) is 38.7 Å². The highest BCUT2D eigenvalue weighted by Crippen LogP contribution is 2.33. The maximum Gasteiger partial charge on any atom is 0.475 e. The van der Waals surface area contributed by atoms with E-state index in [1.807, 2.05) is 36.4 Å². The summed E-state index contributed by atoms with van der Waals surface area (Å²) in [4.78, 5) is 28.7. The summed E-state index contributed by atoms with van der Waals surface area (Å²) in [6.45, 7) is 3.70. The first-order chi connectivity index (χ1) is 17.4. The van der Waals surface area contributed by atoms with Gasteiger partial charge < -0.3 is 25.6 Å². The van der Waals surface area contributed by atoms with Crippen LogP contribution in [-0.4, -0.2) is 88.5 Å².